The molecule has 1 aliphatic heterocycles. The summed E-state index contributed by atoms with van der Waals surface area (Å²) in [7, 11) is -3.73. The van der Waals surface area contributed by atoms with Gasteiger partial charge < -0.3 is 9.42 Å². The minimum atomic E-state index is -3.73. The lowest BCUT2D eigenvalue weighted by Crippen LogP contribution is -2.29. The number of hydrogen-bond donors (Lipinski definition) is 1. The summed E-state index contributed by atoms with van der Waals surface area (Å²) in [5.74, 6) is 0.825. The minimum absolute atomic E-state index is 0.0753. The highest BCUT2D eigenvalue weighted by atomic mass is 32.2. The topological polar surface area (TPSA) is 102 Å². The predicted molar refractivity (Wildman–Crippen MR) is 88.3 cm³/mol. The fourth-order valence-electron chi connectivity index (χ4n) is 3.46. The normalized spacial score (nSPS) is 24.1. The third-order valence-corrected chi connectivity index (χ3v) is 5.79. The zero-order valence-corrected chi connectivity index (χ0v) is 14.1. The Balaban J connectivity index is 1.54. The van der Waals surface area contributed by atoms with Gasteiger partial charge in [0.2, 0.25) is 10.0 Å². The maximum atomic E-state index is 11.8. The zero-order valence-electron chi connectivity index (χ0n) is 13.3. The fourth-order valence-corrected chi connectivity index (χ4v) is 4.28. The van der Waals surface area contributed by atoms with E-state index in [0.717, 1.165) is 37.9 Å². The molecule has 1 saturated carbocycles. The summed E-state index contributed by atoms with van der Waals surface area (Å²) in [5.41, 5.74) is 0.745. The number of piperidine rings is 1. The summed E-state index contributed by atoms with van der Waals surface area (Å²) in [6.45, 7) is 1.90. The lowest BCUT2D eigenvalue weighted by atomic mass is 10.1. The molecular weight excluding hydrogens is 328 g/mol. The van der Waals surface area contributed by atoms with Crippen molar-refractivity contribution >= 4 is 16.0 Å². The van der Waals surface area contributed by atoms with Gasteiger partial charge in [-0.25, -0.2) is 13.6 Å². The summed E-state index contributed by atoms with van der Waals surface area (Å²) in [5, 5.41) is 9.44. The maximum Gasteiger partial charge on any atom is 0.324 e. The number of nitrogens with zero attached hydrogens (tertiary/aromatic N) is 3. The molecule has 2 atom stereocenters. The molecule has 2 heterocycles. The second-order valence-electron chi connectivity index (χ2n) is 6.51. The molecule has 128 valence electrons. The van der Waals surface area contributed by atoms with E-state index in [1.54, 1.807) is 12.1 Å². The molecule has 1 aromatic carbocycles. The molecule has 7 nitrogen and oxygen atoms in total. The summed E-state index contributed by atoms with van der Waals surface area (Å²) < 4.78 is 28.9. The van der Waals surface area contributed by atoms with Crippen LogP contribution in [0.4, 0.5) is 6.01 Å². The van der Waals surface area contributed by atoms with Crippen LogP contribution in [0.25, 0.3) is 0 Å². The van der Waals surface area contributed by atoms with Crippen molar-refractivity contribution < 1.29 is 12.9 Å². The van der Waals surface area contributed by atoms with E-state index in [1.807, 2.05) is 12.1 Å². The molecule has 2 fully saturated rings. The van der Waals surface area contributed by atoms with Crippen molar-refractivity contribution in [2.45, 2.75) is 42.4 Å². The number of anilines is 1. The standard InChI is InChI=1S/C16H20N4O3S/c17-24(21,22)14-7-3-2-6-11(14)12-10-13(12)15-18-16(23-19-15)20-8-4-1-5-9-20/h2-3,6-7,12-13H,1,4-5,8-10H2,(H2,17,21,22)/t12-,13+/m0/s1. The van der Waals surface area contributed by atoms with Gasteiger partial charge in [-0.2, -0.15) is 4.98 Å². The average molecular weight is 348 g/mol. The number of nitrogens with two attached hydrogens (primary N) is 1. The highest BCUT2D eigenvalue weighted by Crippen LogP contribution is 2.55. The van der Waals surface area contributed by atoms with Gasteiger partial charge in [0.05, 0.1) is 4.90 Å². The van der Waals surface area contributed by atoms with Gasteiger partial charge >= 0.3 is 6.01 Å². The smallest absolute Gasteiger partial charge is 0.324 e. The largest absolute Gasteiger partial charge is 0.324 e. The van der Waals surface area contributed by atoms with Crippen LogP contribution in [0.15, 0.2) is 33.7 Å². The van der Waals surface area contributed by atoms with Crippen LogP contribution in [0.2, 0.25) is 0 Å². The molecule has 0 spiro atoms. The number of primary sulfonamides is 1. The Hall–Kier alpha value is -1.93. The molecule has 0 radical (unpaired) electrons. The van der Waals surface area contributed by atoms with Crippen molar-refractivity contribution in [1.29, 1.82) is 0 Å². The number of sulfonamides is 1. The van der Waals surface area contributed by atoms with E-state index in [1.165, 1.54) is 6.42 Å². The van der Waals surface area contributed by atoms with E-state index in [-0.39, 0.29) is 16.7 Å². The predicted octanol–water partition coefficient (Wildman–Crippen LogP) is 1.98. The monoisotopic (exact) mass is 348 g/mol. The molecule has 0 amide bonds. The maximum absolute atomic E-state index is 11.8. The number of benzene rings is 1. The van der Waals surface area contributed by atoms with E-state index >= 15 is 0 Å². The van der Waals surface area contributed by atoms with Crippen molar-refractivity contribution in [1.82, 2.24) is 10.1 Å². The van der Waals surface area contributed by atoms with Crippen molar-refractivity contribution in [3.05, 3.63) is 35.7 Å². The highest BCUT2D eigenvalue weighted by Gasteiger charge is 2.45. The van der Waals surface area contributed by atoms with Gasteiger partial charge in [0, 0.05) is 19.0 Å². The molecular formula is C16H20N4O3S. The van der Waals surface area contributed by atoms with Crippen LogP contribution < -0.4 is 10.0 Å². The second kappa shape index (κ2) is 5.86. The van der Waals surface area contributed by atoms with Crippen LogP contribution >= 0.6 is 0 Å². The van der Waals surface area contributed by atoms with Gasteiger partial charge in [0.25, 0.3) is 0 Å². The molecule has 0 bridgehead atoms. The van der Waals surface area contributed by atoms with Gasteiger partial charge in [-0.05, 0) is 43.2 Å². The lowest BCUT2D eigenvalue weighted by Gasteiger charge is -2.23. The Morgan fingerprint density at radius 3 is 2.62 bits per heavy atom. The number of hydrogen-bond acceptors (Lipinski definition) is 6. The molecule has 1 aromatic heterocycles. The number of rotatable bonds is 4. The fraction of sp³-hybridized carbons (Fsp3) is 0.500. The van der Waals surface area contributed by atoms with E-state index in [0.29, 0.717) is 11.8 Å². The van der Waals surface area contributed by atoms with Crippen LogP contribution in [-0.4, -0.2) is 31.6 Å². The third kappa shape index (κ3) is 2.91. The zero-order chi connectivity index (χ0) is 16.7. The van der Waals surface area contributed by atoms with Crippen LogP contribution in [0.5, 0.6) is 0 Å². The van der Waals surface area contributed by atoms with Crippen molar-refractivity contribution in [2.75, 3.05) is 18.0 Å². The Morgan fingerprint density at radius 1 is 1.12 bits per heavy atom. The SMILES string of the molecule is NS(=O)(=O)c1ccccc1[C@@H]1C[C@H]1c1noc(N2CCCCC2)n1. The Morgan fingerprint density at radius 2 is 1.88 bits per heavy atom. The molecule has 8 heteroatoms. The van der Waals surface area contributed by atoms with E-state index in [9.17, 15) is 8.42 Å². The lowest BCUT2D eigenvalue weighted by molar-refractivity contribution is 0.396. The molecule has 2 N–H and O–H groups in total. The molecule has 4 rings (SSSR count). The summed E-state index contributed by atoms with van der Waals surface area (Å²) >= 11 is 0. The van der Waals surface area contributed by atoms with Gasteiger partial charge in [-0.1, -0.05) is 23.4 Å². The Kier molecular flexibility index (Phi) is 3.80. The summed E-state index contributed by atoms with van der Waals surface area (Å²) in [4.78, 5) is 6.84. The summed E-state index contributed by atoms with van der Waals surface area (Å²) in [6.07, 6.45) is 4.34. The summed E-state index contributed by atoms with van der Waals surface area (Å²) in [6, 6.07) is 7.46. The Bertz CT molecular complexity index is 843. The first-order chi connectivity index (χ1) is 11.5. The molecule has 1 saturated heterocycles. The first-order valence-corrected chi connectivity index (χ1v) is 9.79. The molecule has 24 heavy (non-hydrogen) atoms. The van der Waals surface area contributed by atoms with Crippen LogP contribution in [0, 0.1) is 0 Å². The van der Waals surface area contributed by atoms with Gasteiger partial charge in [-0.3, -0.25) is 0 Å². The van der Waals surface area contributed by atoms with Crippen LogP contribution in [-0.2, 0) is 10.0 Å². The van der Waals surface area contributed by atoms with Crippen LogP contribution in [0.3, 0.4) is 0 Å². The van der Waals surface area contributed by atoms with Gasteiger partial charge in [-0.15, -0.1) is 0 Å². The third-order valence-electron chi connectivity index (χ3n) is 4.80. The first-order valence-electron chi connectivity index (χ1n) is 8.24. The quantitative estimate of drug-likeness (QED) is 0.906. The molecule has 1 aliphatic carbocycles. The van der Waals surface area contributed by atoms with Crippen LogP contribution in [0.1, 0.15) is 48.9 Å². The van der Waals surface area contributed by atoms with E-state index in [4.69, 9.17) is 9.66 Å². The molecule has 2 aliphatic rings. The second-order valence-corrected chi connectivity index (χ2v) is 8.04. The molecule has 0 unspecified atom stereocenters. The van der Waals surface area contributed by atoms with Crippen molar-refractivity contribution in [3.63, 3.8) is 0 Å². The van der Waals surface area contributed by atoms with Crippen molar-refractivity contribution in [3.8, 4) is 0 Å². The van der Waals surface area contributed by atoms with E-state index < -0.39 is 10.0 Å². The van der Waals surface area contributed by atoms with Gasteiger partial charge in [0.15, 0.2) is 5.82 Å². The average Bonchev–Trinajstić information content (AvgIpc) is 3.23. The minimum Gasteiger partial charge on any atom is -0.324 e. The van der Waals surface area contributed by atoms with Gasteiger partial charge in [0.1, 0.15) is 0 Å². The highest BCUT2D eigenvalue weighted by molar-refractivity contribution is 7.89. The molecule has 2 aromatic rings. The van der Waals surface area contributed by atoms with Crippen molar-refractivity contribution in [2.24, 2.45) is 5.14 Å². The first kappa shape index (κ1) is 15.6. The van der Waals surface area contributed by atoms with E-state index in [2.05, 4.69) is 15.0 Å². The number of aromatic nitrogens is 2. The Labute approximate surface area is 140 Å².